The molecule has 2 aromatic heterocycles. The van der Waals surface area contributed by atoms with Gasteiger partial charge in [0.2, 0.25) is 0 Å². The third-order valence-electron chi connectivity index (χ3n) is 5.06. The molecule has 0 fully saturated rings. The van der Waals surface area contributed by atoms with Crippen LogP contribution >= 0.6 is 22.7 Å². The number of carbonyl (C=O) groups excluding carboxylic acids is 1. The van der Waals surface area contributed by atoms with E-state index in [-0.39, 0.29) is 12.2 Å². The van der Waals surface area contributed by atoms with Crippen molar-refractivity contribution >= 4 is 34.7 Å². The third kappa shape index (κ3) is 3.89. The maximum atomic E-state index is 13.5. The molecule has 0 amide bonds. The Bertz CT molecular complexity index is 1370. The normalized spacial score (nSPS) is 15.9. The Hall–Kier alpha value is -3.17. The number of esters is 1. The lowest BCUT2D eigenvalue weighted by Crippen LogP contribution is -2.39. The number of thiophene rings is 1. The van der Waals surface area contributed by atoms with Gasteiger partial charge < -0.3 is 14.2 Å². The molecule has 1 aromatic carbocycles. The number of fused-ring (bicyclic) bond motifs is 1. The van der Waals surface area contributed by atoms with Gasteiger partial charge in [-0.25, -0.2) is 9.79 Å². The van der Waals surface area contributed by atoms with Crippen LogP contribution in [0.3, 0.4) is 0 Å². The van der Waals surface area contributed by atoms with E-state index in [4.69, 9.17) is 14.2 Å². The van der Waals surface area contributed by atoms with Gasteiger partial charge in [0.15, 0.2) is 4.80 Å². The molecule has 0 spiro atoms. The highest BCUT2D eigenvalue weighted by Gasteiger charge is 2.33. The fourth-order valence-electron chi connectivity index (χ4n) is 3.59. The van der Waals surface area contributed by atoms with Crippen LogP contribution in [-0.2, 0) is 9.53 Å². The zero-order chi connectivity index (χ0) is 22.8. The summed E-state index contributed by atoms with van der Waals surface area (Å²) in [6, 6.07) is 8.64. The Morgan fingerprint density at radius 3 is 2.72 bits per heavy atom. The second-order valence-corrected chi connectivity index (χ2v) is 8.91. The van der Waals surface area contributed by atoms with Crippen molar-refractivity contribution in [3.63, 3.8) is 0 Å². The zero-order valence-electron chi connectivity index (χ0n) is 18.1. The molecule has 0 N–H and O–H groups in total. The van der Waals surface area contributed by atoms with Crippen LogP contribution in [0.15, 0.2) is 56.8 Å². The predicted molar refractivity (Wildman–Crippen MR) is 124 cm³/mol. The largest absolute Gasteiger partial charge is 0.497 e. The molecule has 4 rings (SSSR count). The number of carbonyl (C=O) groups is 1. The topological polar surface area (TPSA) is 79.1 Å². The predicted octanol–water partition coefficient (Wildman–Crippen LogP) is 2.88. The van der Waals surface area contributed by atoms with Crippen molar-refractivity contribution in [3.05, 3.63) is 77.1 Å². The molecule has 0 saturated heterocycles. The summed E-state index contributed by atoms with van der Waals surface area (Å²) in [7, 11) is 3.15. The second kappa shape index (κ2) is 9.13. The molecule has 0 radical (unpaired) electrons. The Morgan fingerprint density at radius 2 is 2.06 bits per heavy atom. The summed E-state index contributed by atoms with van der Waals surface area (Å²) in [6.07, 6.45) is 1.77. The van der Waals surface area contributed by atoms with E-state index >= 15 is 0 Å². The van der Waals surface area contributed by atoms with Crippen molar-refractivity contribution in [2.45, 2.75) is 19.9 Å². The van der Waals surface area contributed by atoms with E-state index in [0.29, 0.717) is 32.1 Å². The third-order valence-corrected chi connectivity index (χ3v) is 6.96. The lowest BCUT2D eigenvalue weighted by atomic mass is 10.0. The molecule has 3 heterocycles. The minimum Gasteiger partial charge on any atom is -0.497 e. The van der Waals surface area contributed by atoms with Crippen LogP contribution < -0.4 is 24.4 Å². The maximum absolute atomic E-state index is 13.5. The molecule has 9 heteroatoms. The molecule has 0 saturated carbocycles. The van der Waals surface area contributed by atoms with Crippen LogP contribution in [0.2, 0.25) is 0 Å². The number of nitrogens with zero attached hydrogens (tertiary/aromatic N) is 2. The first-order valence-electron chi connectivity index (χ1n) is 9.93. The van der Waals surface area contributed by atoms with Crippen LogP contribution in [0, 0.1) is 0 Å². The van der Waals surface area contributed by atoms with E-state index in [1.54, 1.807) is 44.8 Å². The first-order chi connectivity index (χ1) is 15.5. The quantitative estimate of drug-likeness (QED) is 0.518. The van der Waals surface area contributed by atoms with E-state index in [2.05, 4.69) is 4.99 Å². The van der Waals surface area contributed by atoms with Crippen LogP contribution in [0.1, 0.15) is 30.3 Å². The highest BCUT2D eigenvalue weighted by atomic mass is 32.1. The number of rotatable bonds is 6. The molecule has 1 aliphatic rings. The fraction of sp³-hybridized carbons (Fsp3) is 0.261. The maximum Gasteiger partial charge on any atom is 0.338 e. The molecule has 1 aliphatic heterocycles. The van der Waals surface area contributed by atoms with Crippen LogP contribution in [-0.4, -0.2) is 31.4 Å². The summed E-state index contributed by atoms with van der Waals surface area (Å²) in [6.45, 7) is 3.77. The average Bonchev–Trinajstić information content (AvgIpc) is 3.42. The van der Waals surface area contributed by atoms with Crippen LogP contribution in [0.4, 0.5) is 0 Å². The van der Waals surface area contributed by atoms with Crippen LogP contribution in [0.25, 0.3) is 6.08 Å². The van der Waals surface area contributed by atoms with Crippen molar-refractivity contribution in [2.24, 2.45) is 4.99 Å². The van der Waals surface area contributed by atoms with Gasteiger partial charge in [-0.3, -0.25) is 9.36 Å². The van der Waals surface area contributed by atoms with Gasteiger partial charge in [0.05, 0.1) is 36.6 Å². The number of thiazole rings is 1. The monoisotopic (exact) mass is 470 g/mol. The summed E-state index contributed by atoms with van der Waals surface area (Å²) in [5, 5.41) is 1.92. The lowest BCUT2D eigenvalue weighted by molar-refractivity contribution is -0.139. The number of ether oxygens (including phenoxy) is 3. The van der Waals surface area contributed by atoms with E-state index in [1.807, 2.05) is 29.6 Å². The van der Waals surface area contributed by atoms with Crippen LogP contribution in [0.5, 0.6) is 11.5 Å². The van der Waals surface area contributed by atoms with Crippen molar-refractivity contribution in [2.75, 3.05) is 20.8 Å². The minimum absolute atomic E-state index is 0.223. The van der Waals surface area contributed by atoms with Gasteiger partial charge in [0, 0.05) is 16.5 Å². The van der Waals surface area contributed by atoms with E-state index < -0.39 is 12.0 Å². The zero-order valence-corrected chi connectivity index (χ0v) is 19.7. The minimum atomic E-state index is -0.579. The first kappa shape index (κ1) is 22.0. The SMILES string of the molecule is CCOC(=O)C1=C(C)N=c2s/c(=C\c3ccc(OC)cc3OC)c(=O)n2[C@H]1c1cccs1. The molecule has 166 valence electrons. The average molecular weight is 471 g/mol. The highest BCUT2D eigenvalue weighted by molar-refractivity contribution is 7.10. The molecular weight excluding hydrogens is 448 g/mol. The number of benzene rings is 1. The highest BCUT2D eigenvalue weighted by Crippen LogP contribution is 2.33. The van der Waals surface area contributed by atoms with Crippen molar-refractivity contribution in [1.82, 2.24) is 4.57 Å². The molecule has 0 bridgehead atoms. The number of aromatic nitrogens is 1. The number of hydrogen-bond acceptors (Lipinski definition) is 8. The van der Waals surface area contributed by atoms with Gasteiger partial charge >= 0.3 is 5.97 Å². The molecule has 7 nitrogen and oxygen atoms in total. The van der Waals surface area contributed by atoms with Crippen molar-refractivity contribution < 1.29 is 19.0 Å². The Balaban J connectivity index is 1.92. The summed E-state index contributed by atoms with van der Waals surface area (Å²) < 4.78 is 18.1. The first-order valence-corrected chi connectivity index (χ1v) is 11.6. The summed E-state index contributed by atoms with van der Waals surface area (Å²) in [5.74, 6) is 0.791. The molecule has 1 atom stereocenters. The molecule has 0 unspecified atom stereocenters. The van der Waals surface area contributed by atoms with Gasteiger partial charge in [-0.15, -0.1) is 11.3 Å². The Morgan fingerprint density at radius 1 is 1.25 bits per heavy atom. The smallest absolute Gasteiger partial charge is 0.338 e. The summed E-state index contributed by atoms with van der Waals surface area (Å²) >= 11 is 2.76. The van der Waals surface area contributed by atoms with Gasteiger partial charge in [-0.1, -0.05) is 17.4 Å². The Kier molecular flexibility index (Phi) is 6.29. The fourth-order valence-corrected chi connectivity index (χ4v) is 5.45. The van der Waals surface area contributed by atoms with Gasteiger partial charge in [-0.05, 0) is 43.5 Å². The molecule has 32 heavy (non-hydrogen) atoms. The molecular formula is C23H22N2O5S2. The number of hydrogen-bond donors (Lipinski definition) is 0. The Labute approximate surface area is 192 Å². The standard InChI is InChI=1S/C23H22N2O5S2/c1-5-30-22(27)19-13(2)24-23-25(20(19)17-7-6-10-31-17)21(26)18(32-23)11-14-8-9-15(28-3)12-16(14)29-4/h6-12,20H,5H2,1-4H3/b18-11-/t20-/m0/s1. The van der Waals surface area contributed by atoms with Crippen molar-refractivity contribution in [1.29, 1.82) is 0 Å². The number of allylic oxidation sites excluding steroid dienone is 1. The lowest BCUT2D eigenvalue weighted by Gasteiger charge is -2.23. The van der Waals surface area contributed by atoms with Crippen molar-refractivity contribution in [3.8, 4) is 11.5 Å². The van der Waals surface area contributed by atoms with E-state index in [1.165, 1.54) is 22.7 Å². The number of methoxy groups -OCH3 is 2. The van der Waals surface area contributed by atoms with Gasteiger partial charge in [-0.2, -0.15) is 0 Å². The second-order valence-electron chi connectivity index (χ2n) is 6.93. The molecule has 3 aromatic rings. The summed E-state index contributed by atoms with van der Waals surface area (Å²) in [5.41, 5.74) is 1.46. The van der Waals surface area contributed by atoms with Gasteiger partial charge in [0.25, 0.3) is 5.56 Å². The summed E-state index contributed by atoms with van der Waals surface area (Å²) in [4.78, 5) is 32.3. The van der Waals surface area contributed by atoms with Gasteiger partial charge in [0.1, 0.15) is 17.5 Å². The molecule has 0 aliphatic carbocycles. The van der Waals surface area contributed by atoms with E-state index in [0.717, 1.165) is 10.4 Å². The van der Waals surface area contributed by atoms with E-state index in [9.17, 15) is 9.59 Å².